The summed E-state index contributed by atoms with van der Waals surface area (Å²) in [6, 6.07) is 13.1. The van der Waals surface area contributed by atoms with Gasteiger partial charge in [0, 0.05) is 11.1 Å². The SMILES string of the molecule is COC(=O)Cc1nnc(-c2ccc(OC)c(COc3ccccc3Br)c2)o1. The second kappa shape index (κ2) is 8.68. The maximum atomic E-state index is 11.3. The summed E-state index contributed by atoms with van der Waals surface area (Å²) in [7, 11) is 2.90. The van der Waals surface area contributed by atoms with Crippen molar-refractivity contribution in [1.29, 1.82) is 0 Å². The number of benzene rings is 2. The average Bonchev–Trinajstić information content (AvgIpc) is 3.15. The Morgan fingerprint density at radius 1 is 1.11 bits per heavy atom. The molecule has 3 rings (SSSR count). The molecule has 3 aromatic rings. The number of aromatic nitrogens is 2. The smallest absolute Gasteiger partial charge is 0.315 e. The molecule has 0 spiro atoms. The first-order valence-corrected chi connectivity index (χ1v) is 8.84. The van der Waals surface area contributed by atoms with E-state index in [1.54, 1.807) is 19.2 Å². The van der Waals surface area contributed by atoms with Crippen LogP contribution in [0.3, 0.4) is 0 Å². The van der Waals surface area contributed by atoms with E-state index in [9.17, 15) is 4.79 Å². The highest BCUT2D eigenvalue weighted by Crippen LogP contribution is 2.29. The van der Waals surface area contributed by atoms with Gasteiger partial charge in [0.2, 0.25) is 11.8 Å². The Bertz CT molecular complexity index is 941. The lowest BCUT2D eigenvalue weighted by Gasteiger charge is -2.12. The van der Waals surface area contributed by atoms with Crippen LogP contribution in [0.5, 0.6) is 11.5 Å². The van der Waals surface area contributed by atoms with Gasteiger partial charge in [-0.2, -0.15) is 0 Å². The molecule has 7 nitrogen and oxygen atoms in total. The quantitative estimate of drug-likeness (QED) is 0.524. The number of halogens is 1. The third kappa shape index (κ3) is 4.65. The zero-order chi connectivity index (χ0) is 19.2. The molecular weight excluding hydrogens is 416 g/mol. The van der Waals surface area contributed by atoms with E-state index in [-0.39, 0.29) is 12.3 Å². The summed E-state index contributed by atoms with van der Waals surface area (Å²) < 4.78 is 22.3. The highest BCUT2D eigenvalue weighted by atomic mass is 79.9. The number of nitrogens with zero attached hydrogens (tertiary/aromatic N) is 2. The highest BCUT2D eigenvalue weighted by molar-refractivity contribution is 9.10. The molecule has 1 heterocycles. The second-order valence-corrected chi connectivity index (χ2v) is 6.35. The summed E-state index contributed by atoms with van der Waals surface area (Å²) in [4.78, 5) is 11.3. The van der Waals surface area contributed by atoms with E-state index in [0.717, 1.165) is 15.8 Å². The Kier molecular flexibility index (Phi) is 6.08. The molecule has 0 saturated heterocycles. The number of hydrogen-bond acceptors (Lipinski definition) is 7. The first kappa shape index (κ1) is 18.9. The fourth-order valence-corrected chi connectivity index (χ4v) is 2.78. The van der Waals surface area contributed by atoms with Crippen molar-refractivity contribution in [2.75, 3.05) is 14.2 Å². The molecule has 0 bridgehead atoms. The van der Waals surface area contributed by atoms with Crippen LogP contribution >= 0.6 is 15.9 Å². The summed E-state index contributed by atoms with van der Waals surface area (Å²) in [5.74, 6) is 1.46. The van der Waals surface area contributed by atoms with Crippen LogP contribution in [0.1, 0.15) is 11.5 Å². The van der Waals surface area contributed by atoms with Crippen molar-refractivity contribution in [3.63, 3.8) is 0 Å². The fourth-order valence-electron chi connectivity index (χ4n) is 2.38. The topological polar surface area (TPSA) is 83.7 Å². The van der Waals surface area contributed by atoms with Crippen LogP contribution in [0, 0.1) is 0 Å². The van der Waals surface area contributed by atoms with Crippen LogP contribution in [0.15, 0.2) is 51.4 Å². The van der Waals surface area contributed by atoms with Crippen LogP contribution in [0.2, 0.25) is 0 Å². The third-order valence-corrected chi connectivity index (χ3v) is 4.39. The minimum atomic E-state index is -0.442. The molecule has 2 aromatic carbocycles. The van der Waals surface area contributed by atoms with Gasteiger partial charge in [0.1, 0.15) is 24.5 Å². The minimum absolute atomic E-state index is 0.0718. The van der Waals surface area contributed by atoms with E-state index >= 15 is 0 Å². The molecule has 140 valence electrons. The Hall–Kier alpha value is -2.87. The summed E-state index contributed by atoms with van der Waals surface area (Å²) in [6.07, 6.45) is -0.0718. The molecule has 0 saturated carbocycles. The molecule has 27 heavy (non-hydrogen) atoms. The van der Waals surface area contributed by atoms with Crippen molar-refractivity contribution < 1.29 is 23.4 Å². The molecule has 0 amide bonds. The zero-order valence-corrected chi connectivity index (χ0v) is 16.4. The van der Waals surface area contributed by atoms with E-state index in [2.05, 4.69) is 30.9 Å². The third-order valence-electron chi connectivity index (χ3n) is 3.74. The molecule has 0 unspecified atom stereocenters. The van der Waals surface area contributed by atoms with Crippen molar-refractivity contribution in [2.24, 2.45) is 0 Å². The zero-order valence-electron chi connectivity index (χ0n) is 14.8. The van der Waals surface area contributed by atoms with Crippen molar-refractivity contribution in [3.05, 3.63) is 58.4 Å². The molecule has 0 fully saturated rings. The van der Waals surface area contributed by atoms with Crippen molar-refractivity contribution in [1.82, 2.24) is 10.2 Å². The number of hydrogen-bond donors (Lipinski definition) is 0. The van der Waals surface area contributed by atoms with E-state index in [0.29, 0.717) is 23.8 Å². The minimum Gasteiger partial charge on any atom is -0.496 e. The van der Waals surface area contributed by atoms with E-state index < -0.39 is 5.97 Å². The van der Waals surface area contributed by atoms with Crippen molar-refractivity contribution in [3.8, 4) is 23.0 Å². The molecule has 0 aliphatic carbocycles. The van der Waals surface area contributed by atoms with Crippen LogP contribution in [-0.2, 0) is 22.6 Å². The monoisotopic (exact) mass is 432 g/mol. The average molecular weight is 433 g/mol. The highest BCUT2D eigenvalue weighted by Gasteiger charge is 2.15. The summed E-state index contributed by atoms with van der Waals surface area (Å²) in [5.41, 5.74) is 1.52. The predicted octanol–water partition coefficient (Wildman–Crippen LogP) is 3.80. The van der Waals surface area contributed by atoms with Gasteiger partial charge in [-0.25, -0.2) is 0 Å². The van der Waals surface area contributed by atoms with E-state index in [1.165, 1.54) is 7.11 Å². The van der Waals surface area contributed by atoms with E-state index in [1.807, 2.05) is 30.3 Å². The number of ether oxygens (including phenoxy) is 3. The Balaban J connectivity index is 1.81. The number of esters is 1. The maximum Gasteiger partial charge on any atom is 0.315 e. The van der Waals surface area contributed by atoms with Crippen LogP contribution in [-0.4, -0.2) is 30.4 Å². The van der Waals surface area contributed by atoms with Crippen molar-refractivity contribution >= 4 is 21.9 Å². The molecule has 0 radical (unpaired) electrons. The van der Waals surface area contributed by atoms with Gasteiger partial charge in [0.05, 0.1) is 18.7 Å². The number of carbonyl (C=O) groups excluding carboxylic acids is 1. The lowest BCUT2D eigenvalue weighted by Crippen LogP contribution is -2.04. The van der Waals surface area contributed by atoms with Gasteiger partial charge >= 0.3 is 5.97 Å². The van der Waals surface area contributed by atoms with Crippen LogP contribution < -0.4 is 9.47 Å². The Morgan fingerprint density at radius 2 is 1.93 bits per heavy atom. The van der Waals surface area contributed by atoms with Gasteiger partial charge in [-0.05, 0) is 46.3 Å². The lowest BCUT2D eigenvalue weighted by atomic mass is 10.1. The fraction of sp³-hybridized carbons (Fsp3) is 0.211. The molecule has 8 heteroatoms. The predicted molar refractivity (Wildman–Crippen MR) is 100 cm³/mol. The number of methoxy groups -OCH3 is 2. The molecular formula is C19H17BrN2O5. The first-order chi connectivity index (χ1) is 13.1. The molecule has 0 atom stereocenters. The standard InChI is InChI=1S/C19H17BrN2O5/c1-24-15-8-7-12(19-22-21-17(27-19)10-18(23)25-2)9-13(15)11-26-16-6-4-3-5-14(16)20/h3-9H,10-11H2,1-2H3. The van der Waals surface area contributed by atoms with E-state index in [4.69, 9.17) is 13.9 Å². The van der Waals surface area contributed by atoms with Gasteiger partial charge in [0.15, 0.2) is 0 Å². The largest absolute Gasteiger partial charge is 0.496 e. The lowest BCUT2D eigenvalue weighted by molar-refractivity contribution is -0.140. The normalized spacial score (nSPS) is 10.5. The number of rotatable bonds is 7. The second-order valence-electron chi connectivity index (χ2n) is 5.50. The van der Waals surface area contributed by atoms with Crippen LogP contribution in [0.25, 0.3) is 11.5 Å². The van der Waals surface area contributed by atoms with Gasteiger partial charge in [-0.1, -0.05) is 12.1 Å². The van der Waals surface area contributed by atoms with Crippen LogP contribution in [0.4, 0.5) is 0 Å². The molecule has 0 N–H and O–H groups in total. The number of para-hydroxylation sites is 1. The summed E-state index contributed by atoms with van der Waals surface area (Å²) in [6.45, 7) is 0.294. The van der Waals surface area contributed by atoms with Gasteiger partial charge in [0.25, 0.3) is 0 Å². The maximum absolute atomic E-state index is 11.3. The van der Waals surface area contributed by atoms with Gasteiger partial charge in [-0.3, -0.25) is 4.79 Å². The first-order valence-electron chi connectivity index (χ1n) is 8.04. The molecule has 0 aliphatic rings. The number of carbonyl (C=O) groups is 1. The van der Waals surface area contributed by atoms with Gasteiger partial charge < -0.3 is 18.6 Å². The Morgan fingerprint density at radius 3 is 2.67 bits per heavy atom. The van der Waals surface area contributed by atoms with Crippen molar-refractivity contribution in [2.45, 2.75) is 13.0 Å². The summed E-state index contributed by atoms with van der Waals surface area (Å²) >= 11 is 3.46. The Labute approximate surface area is 164 Å². The summed E-state index contributed by atoms with van der Waals surface area (Å²) in [5, 5.41) is 7.86. The molecule has 1 aromatic heterocycles. The molecule has 0 aliphatic heterocycles. The van der Waals surface area contributed by atoms with Gasteiger partial charge in [-0.15, -0.1) is 10.2 Å².